The van der Waals surface area contributed by atoms with Crippen LogP contribution >= 0.6 is 11.3 Å². The largest absolute Gasteiger partial charge is 0.345 e. The molecular formula is C16H20N4OS. The van der Waals surface area contributed by atoms with Crippen LogP contribution in [0, 0.1) is 0 Å². The normalized spacial score (nSPS) is 21.9. The van der Waals surface area contributed by atoms with Crippen molar-refractivity contribution in [1.29, 1.82) is 0 Å². The van der Waals surface area contributed by atoms with Crippen molar-refractivity contribution in [1.82, 2.24) is 19.7 Å². The molecule has 2 amide bonds. The fourth-order valence-corrected chi connectivity index (χ4v) is 4.06. The van der Waals surface area contributed by atoms with E-state index in [9.17, 15) is 4.79 Å². The first-order chi connectivity index (χ1) is 10.8. The number of nitrogens with one attached hydrogen (secondary N) is 1. The summed E-state index contributed by atoms with van der Waals surface area (Å²) in [5.41, 5.74) is 1.35. The number of thiophene rings is 1. The van der Waals surface area contributed by atoms with Crippen LogP contribution in [-0.4, -0.2) is 52.6 Å². The molecule has 2 aliphatic heterocycles. The maximum Gasteiger partial charge on any atom is 0.317 e. The minimum atomic E-state index is 0.103. The highest BCUT2D eigenvalue weighted by atomic mass is 32.1. The first-order valence-corrected chi connectivity index (χ1v) is 8.61. The lowest BCUT2D eigenvalue weighted by atomic mass is 10.2. The van der Waals surface area contributed by atoms with E-state index >= 15 is 0 Å². The quantitative estimate of drug-likeness (QED) is 0.934. The van der Waals surface area contributed by atoms with Crippen LogP contribution in [0.3, 0.4) is 0 Å². The summed E-state index contributed by atoms with van der Waals surface area (Å²) in [6.45, 7) is 5.44. The SMILES string of the molecule is O=C1NC[C@H]2CN(Cc3cccn3Cc3cccs3)CCN12. The topological polar surface area (TPSA) is 40.5 Å². The number of carbonyl (C=O) groups excluding carboxylic acids is 1. The summed E-state index contributed by atoms with van der Waals surface area (Å²) in [6, 6.07) is 9.06. The molecule has 1 atom stereocenters. The molecule has 0 spiro atoms. The Morgan fingerprint density at radius 3 is 3.05 bits per heavy atom. The number of carbonyl (C=O) groups is 1. The Hall–Kier alpha value is -1.79. The van der Waals surface area contributed by atoms with Gasteiger partial charge in [-0.15, -0.1) is 11.3 Å². The first kappa shape index (κ1) is 13.8. The van der Waals surface area contributed by atoms with Gasteiger partial charge in [-0.3, -0.25) is 4.90 Å². The summed E-state index contributed by atoms with van der Waals surface area (Å²) < 4.78 is 2.33. The second-order valence-corrected chi connectivity index (χ2v) is 7.01. The summed E-state index contributed by atoms with van der Waals surface area (Å²) in [5.74, 6) is 0. The van der Waals surface area contributed by atoms with E-state index in [1.807, 2.05) is 4.90 Å². The molecule has 1 N–H and O–H groups in total. The van der Waals surface area contributed by atoms with Gasteiger partial charge in [-0.2, -0.15) is 0 Å². The van der Waals surface area contributed by atoms with Gasteiger partial charge in [0.2, 0.25) is 0 Å². The average Bonchev–Trinajstić information content (AvgIpc) is 3.24. The highest BCUT2D eigenvalue weighted by Crippen LogP contribution is 2.18. The van der Waals surface area contributed by atoms with E-state index < -0.39 is 0 Å². The Kier molecular flexibility index (Phi) is 3.63. The molecule has 116 valence electrons. The molecule has 2 saturated heterocycles. The monoisotopic (exact) mass is 316 g/mol. The number of aromatic nitrogens is 1. The Bertz CT molecular complexity index is 651. The molecule has 2 aromatic rings. The van der Waals surface area contributed by atoms with Crippen molar-refractivity contribution >= 4 is 17.4 Å². The van der Waals surface area contributed by atoms with E-state index in [0.29, 0.717) is 6.04 Å². The zero-order valence-corrected chi connectivity index (χ0v) is 13.3. The second-order valence-electron chi connectivity index (χ2n) is 5.98. The van der Waals surface area contributed by atoms with E-state index in [1.54, 1.807) is 11.3 Å². The summed E-state index contributed by atoms with van der Waals surface area (Å²) in [4.78, 5) is 17.5. The van der Waals surface area contributed by atoms with Gasteiger partial charge in [0.15, 0.2) is 0 Å². The molecule has 0 aromatic carbocycles. The van der Waals surface area contributed by atoms with Gasteiger partial charge in [0.25, 0.3) is 0 Å². The van der Waals surface area contributed by atoms with E-state index in [0.717, 1.165) is 39.3 Å². The van der Waals surface area contributed by atoms with Crippen LogP contribution in [0.2, 0.25) is 0 Å². The zero-order valence-electron chi connectivity index (χ0n) is 12.4. The zero-order chi connectivity index (χ0) is 14.9. The van der Waals surface area contributed by atoms with Gasteiger partial charge >= 0.3 is 6.03 Å². The van der Waals surface area contributed by atoms with Crippen LogP contribution in [0.25, 0.3) is 0 Å². The van der Waals surface area contributed by atoms with Crippen molar-refractivity contribution in [2.45, 2.75) is 19.1 Å². The van der Waals surface area contributed by atoms with Crippen LogP contribution in [0.15, 0.2) is 35.8 Å². The molecule has 2 aliphatic rings. The van der Waals surface area contributed by atoms with Crippen molar-refractivity contribution < 1.29 is 4.79 Å². The number of hydrogen-bond acceptors (Lipinski definition) is 3. The molecule has 0 radical (unpaired) electrons. The first-order valence-electron chi connectivity index (χ1n) is 7.73. The highest BCUT2D eigenvalue weighted by molar-refractivity contribution is 7.09. The van der Waals surface area contributed by atoms with Crippen LogP contribution in [0.4, 0.5) is 4.79 Å². The van der Waals surface area contributed by atoms with Crippen LogP contribution in [0.1, 0.15) is 10.6 Å². The number of hydrogen-bond donors (Lipinski definition) is 1. The lowest BCUT2D eigenvalue weighted by Crippen LogP contribution is -2.51. The molecule has 2 aromatic heterocycles. The molecule has 6 heteroatoms. The Morgan fingerprint density at radius 1 is 1.23 bits per heavy atom. The lowest BCUT2D eigenvalue weighted by molar-refractivity contribution is 0.115. The number of amides is 2. The predicted molar refractivity (Wildman–Crippen MR) is 87.0 cm³/mol. The van der Waals surface area contributed by atoms with Crippen LogP contribution < -0.4 is 5.32 Å². The number of nitrogens with zero attached hydrogens (tertiary/aromatic N) is 3. The fourth-order valence-electron chi connectivity index (χ4n) is 3.36. The molecule has 0 bridgehead atoms. The summed E-state index contributed by atoms with van der Waals surface area (Å²) in [6.07, 6.45) is 2.16. The molecular weight excluding hydrogens is 296 g/mol. The van der Waals surface area contributed by atoms with Gasteiger partial charge in [-0.25, -0.2) is 4.79 Å². The predicted octanol–water partition coefficient (Wildman–Crippen LogP) is 1.81. The van der Waals surface area contributed by atoms with Gasteiger partial charge in [0, 0.05) is 49.5 Å². The molecule has 4 heterocycles. The number of rotatable bonds is 4. The van der Waals surface area contributed by atoms with E-state index in [2.05, 4.69) is 50.6 Å². The third kappa shape index (κ3) is 2.64. The molecule has 4 rings (SSSR count). The van der Waals surface area contributed by atoms with E-state index in [4.69, 9.17) is 0 Å². The third-order valence-electron chi connectivity index (χ3n) is 4.53. The Balaban J connectivity index is 1.42. The summed E-state index contributed by atoms with van der Waals surface area (Å²) >= 11 is 1.80. The van der Waals surface area contributed by atoms with Gasteiger partial charge < -0.3 is 14.8 Å². The second kappa shape index (κ2) is 5.78. The standard InChI is InChI=1S/C16H20N4OS/c21-16-17-9-14-11-18(6-7-20(14)16)10-13-3-1-5-19(13)12-15-4-2-8-22-15/h1-5,8,14H,6-7,9-12H2,(H,17,21)/t14-/m0/s1. The smallest absolute Gasteiger partial charge is 0.317 e. The average molecular weight is 316 g/mol. The maximum absolute atomic E-state index is 11.7. The Morgan fingerprint density at radius 2 is 2.18 bits per heavy atom. The maximum atomic E-state index is 11.7. The van der Waals surface area contributed by atoms with E-state index in [-0.39, 0.29) is 6.03 Å². The van der Waals surface area contributed by atoms with Gasteiger partial charge in [-0.05, 0) is 23.6 Å². The third-order valence-corrected chi connectivity index (χ3v) is 5.39. The van der Waals surface area contributed by atoms with Gasteiger partial charge in [0.05, 0.1) is 12.6 Å². The number of fused-ring (bicyclic) bond motifs is 1. The van der Waals surface area contributed by atoms with E-state index in [1.165, 1.54) is 10.6 Å². The summed E-state index contributed by atoms with van der Waals surface area (Å²) in [5, 5.41) is 5.07. The minimum Gasteiger partial charge on any atom is -0.345 e. The minimum absolute atomic E-state index is 0.103. The van der Waals surface area contributed by atoms with Crippen molar-refractivity contribution in [2.75, 3.05) is 26.2 Å². The summed E-state index contributed by atoms with van der Waals surface area (Å²) in [7, 11) is 0. The van der Waals surface area contributed by atoms with Crippen molar-refractivity contribution in [3.63, 3.8) is 0 Å². The molecule has 0 unspecified atom stereocenters. The molecule has 5 nitrogen and oxygen atoms in total. The highest BCUT2D eigenvalue weighted by Gasteiger charge is 2.35. The van der Waals surface area contributed by atoms with Crippen LogP contribution in [-0.2, 0) is 13.1 Å². The van der Waals surface area contributed by atoms with Gasteiger partial charge in [-0.1, -0.05) is 6.07 Å². The van der Waals surface area contributed by atoms with Crippen LogP contribution in [0.5, 0.6) is 0 Å². The van der Waals surface area contributed by atoms with Crippen molar-refractivity contribution in [2.24, 2.45) is 0 Å². The fraction of sp³-hybridized carbons (Fsp3) is 0.438. The Labute approximate surface area is 134 Å². The molecule has 0 aliphatic carbocycles. The molecule has 22 heavy (non-hydrogen) atoms. The molecule has 2 fully saturated rings. The van der Waals surface area contributed by atoms with Crippen molar-refractivity contribution in [3.05, 3.63) is 46.4 Å². The molecule has 0 saturated carbocycles. The number of urea groups is 1. The van der Waals surface area contributed by atoms with Gasteiger partial charge in [0.1, 0.15) is 0 Å². The lowest BCUT2D eigenvalue weighted by Gasteiger charge is -2.36. The number of piperazine rings is 1. The van der Waals surface area contributed by atoms with Crippen molar-refractivity contribution in [3.8, 4) is 0 Å².